The third-order valence-electron chi connectivity index (χ3n) is 2.05. The Morgan fingerprint density at radius 1 is 1.40 bits per heavy atom. The van der Waals surface area contributed by atoms with E-state index < -0.39 is 0 Å². The standard InChI is InChI=1S/C11H17N3O/c12-7-3-1-6-11(15)14-9-10-5-2-4-8-13-10/h2,4-5,8H,1,3,6-7,9,12H2,(H,14,15). The van der Waals surface area contributed by atoms with E-state index in [1.807, 2.05) is 18.2 Å². The highest BCUT2D eigenvalue weighted by Gasteiger charge is 2.00. The smallest absolute Gasteiger partial charge is 0.220 e. The lowest BCUT2D eigenvalue weighted by Gasteiger charge is -2.03. The number of amides is 1. The lowest BCUT2D eigenvalue weighted by atomic mass is 10.2. The van der Waals surface area contributed by atoms with Gasteiger partial charge in [0.15, 0.2) is 0 Å². The van der Waals surface area contributed by atoms with Crippen molar-refractivity contribution in [2.24, 2.45) is 5.73 Å². The van der Waals surface area contributed by atoms with E-state index in [4.69, 9.17) is 5.73 Å². The van der Waals surface area contributed by atoms with Gasteiger partial charge in [-0.3, -0.25) is 9.78 Å². The van der Waals surface area contributed by atoms with E-state index in [1.54, 1.807) is 6.20 Å². The fraction of sp³-hybridized carbons (Fsp3) is 0.455. The Hall–Kier alpha value is -1.42. The zero-order valence-electron chi connectivity index (χ0n) is 8.78. The van der Waals surface area contributed by atoms with Crippen LogP contribution in [-0.2, 0) is 11.3 Å². The van der Waals surface area contributed by atoms with Crippen LogP contribution in [0.1, 0.15) is 25.0 Å². The van der Waals surface area contributed by atoms with Crippen molar-refractivity contribution in [3.8, 4) is 0 Å². The van der Waals surface area contributed by atoms with Crippen LogP contribution in [0.4, 0.5) is 0 Å². The van der Waals surface area contributed by atoms with E-state index in [-0.39, 0.29) is 5.91 Å². The summed E-state index contributed by atoms with van der Waals surface area (Å²) >= 11 is 0. The second-order valence-corrected chi connectivity index (χ2v) is 3.34. The van der Waals surface area contributed by atoms with Crippen LogP contribution in [0.3, 0.4) is 0 Å². The van der Waals surface area contributed by atoms with Crippen molar-refractivity contribution in [3.63, 3.8) is 0 Å². The summed E-state index contributed by atoms with van der Waals surface area (Å²) in [6, 6.07) is 5.65. The molecule has 0 atom stereocenters. The normalized spacial score (nSPS) is 9.93. The average Bonchev–Trinajstić information content (AvgIpc) is 2.28. The van der Waals surface area contributed by atoms with Gasteiger partial charge in [0.05, 0.1) is 12.2 Å². The molecule has 0 saturated carbocycles. The molecule has 0 fully saturated rings. The zero-order valence-corrected chi connectivity index (χ0v) is 8.78. The monoisotopic (exact) mass is 207 g/mol. The molecule has 0 unspecified atom stereocenters. The van der Waals surface area contributed by atoms with Crippen molar-refractivity contribution < 1.29 is 4.79 Å². The summed E-state index contributed by atoms with van der Waals surface area (Å²) in [4.78, 5) is 15.4. The first-order valence-electron chi connectivity index (χ1n) is 5.19. The summed E-state index contributed by atoms with van der Waals surface area (Å²) in [6.45, 7) is 1.15. The Balaban J connectivity index is 2.17. The first-order chi connectivity index (χ1) is 7.33. The molecule has 1 rings (SSSR count). The second kappa shape index (κ2) is 6.95. The van der Waals surface area contributed by atoms with E-state index in [2.05, 4.69) is 10.3 Å². The Morgan fingerprint density at radius 3 is 2.93 bits per heavy atom. The summed E-state index contributed by atoms with van der Waals surface area (Å²) in [5, 5.41) is 2.82. The molecule has 0 spiro atoms. The summed E-state index contributed by atoms with van der Waals surface area (Å²) in [6.07, 6.45) is 4.02. The number of hydrogen-bond acceptors (Lipinski definition) is 3. The van der Waals surface area contributed by atoms with Crippen LogP contribution >= 0.6 is 0 Å². The number of nitrogens with two attached hydrogens (primary N) is 1. The van der Waals surface area contributed by atoms with E-state index >= 15 is 0 Å². The molecule has 0 aromatic carbocycles. The average molecular weight is 207 g/mol. The molecule has 4 heteroatoms. The molecule has 4 nitrogen and oxygen atoms in total. The second-order valence-electron chi connectivity index (χ2n) is 3.34. The van der Waals surface area contributed by atoms with Crippen molar-refractivity contribution in [1.82, 2.24) is 10.3 Å². The van der Waals surface area contributed by atoms with Crippen molar-refractivity contribution in [2.45, 2.75) is 25.8 Å². The molecule has 0 aliphatic carbocycles. The van der Waals surface area contributed by atoms with Gasteiger partial charge in [-0.25, -0.2) is 0 Å². The summed E-state index contributed by atoms with van der Waals surface area (Å²) in [7, 11) is 0. The highest BCUT2D eigenvalue weighted by molar-refractivity contribution is 5.75. The molecule has 1 amide bonds. The Bertz CT molecular complexity index is 287. The van der Waals surface area contributed by atoms with Crippen molar-refractivity contribution >= 4 is 5.91 Å². The van der Waals surface area contributed by atoms with Crippen molar-refractivity contribution in [1.29, 1.82) is 0 Å². The lowest BCUT2D eigenvalue weighted by Crippen LogP contribution is -2.23. The lowest BCUT2D eigenvalue weighted by molar-refractivity contribution is -0.121. The molecule has 0 saturated heterocycles. The van der Waals surface area contributed by atoms with E-state index in [0.717, 1.165) is 18.5 Å². The van der Waals surface area contributed by atoms with Gasteiger partial charge in [-0.05, 0) is 31.5 Å². The van der Waals surface area contributed by atoms with Crippen LogP contribution in [-0.4, -0.2) is 17.4 Å². The SMILES string of the molecule is NCCCCC(=O)NCc1ccccn1. The van der Waals surface area contributed by atoms with Crippen LogP contribution in [0.2, 0.25) is 0 Å². The summed E-state index contributed by atoms with van der Waals surface area (Å²) in [5.74, 6) is 0.0640. The van der Waals surface area contributed by atoms with Crippen LogP contribution in [0.15, 0.2) is 24.4 Å². The topological polar surface area (TPSA) is 68.0 Å². The fourth-order valence-corrected chi connectivity index (χ4v) is 1.21. The Kier molecular flexibility index (Phi) is 5.40. The van der Waals surface area contributed by atoms with Crippen LogP contribution < -0.4 is 11.1 Å². The predicted octanol–water partition coefficient (Wildman–Crippen LogP) is 0.827. The van der Waals surface area contributed by atoms with Gasteiger partial charge in [-0.2, -0.15) is 0 Å². The number of carbonyl (C=O) groups is 1. The van der Waals surface area contributed by atoms with Crippen LogP contribution in [0.25, 0.3) is 0 Å². The van der Waals surface area contributed by atoms with Crippen LogP contribution in [0.5, 0.6) is 0 Å². The number of nitrogens with zero attached hydrogens (tertiary/aromatic N) is 1. The van der Waals surface area contributed by atoms with E-state index in [0.29, 0.717) is 19.5 Å². The number of nitrogens with one attached hydrogen (secondary N) is 1. The van der Waals surface area contributed by atoms with Gasteiger partial charge in [0, 0.05) is 12.6 Å². The molecule has 1 aromatic heterocycles. The zero-order chi connectivity index (χ0) is 10.9. The highest BCUT2D eigenvalue weighted by atomic mass is 16.1. The van der Waals surface area contributed by atoms with Gasteiger partial charge in [0.2, 0.25) is 5.91 Å². The van der Waals surface area contributed by atoms with Gasteiger partial charge in [-0.15, -0.1) is 0 Å². The molecular formula is C11H17N3O. The number of unbranched alkanes of at least 4 members (excludes halogenated alkanes) is 1. The minimum absolute atomic E-state index is 0.0640. The maximum absolute atomic E-state index is 11.3. The number of hydrogen-bond donors (Lipinski definition) is 2. The van der Waals surface area contributed by atoms with Gasteiger partial charge < -0.3 is 11.1 Å². The predicted molar refractivity (Wildman–Crippen MR) is 59.0 cm³/mol. The molecule has 1 aromatic rings. The third kappa shape index (κ3) is 5.12. The number of rotatable bonds is 6. The van der Waals surface area contributed by atoms with Gasteiger partial charge in [-0.1, -0.05) is 6.07 Å². The van der Waals surface area contributed by atoms with Gasteiger partial charge in [0.25, 0.3) is 0 Å². The van der Waals surface area contributed by atoms with Crippen molar-refractivity contribution in [2.75, 3.05) is 6.54 Å². The van der Waals surface area contributed by atoms with E-state index in [1.165, 1.54) is 0 Å². The highest BCUT2D eigenvalue weighted by Crippen LogP contribution is 1.95. The van der Waals surface area contributed by atoms with Gasteiger partial charge in [0.1, 0.15) is 0 Å². The number of aromatic nitrogens is 1. The molecule has 0 aliphatic heterocycles. The summed E-state index contributed by atoms with van der Waals surface area (Å²) < 4.78 is 0. The molecular weight excluding hydrogens is 190 g/mol. The minimum Gasteiger partial charge on any atom is -0.350 e. The van der Waals surface area contributed by atoms with E-state index in [9.17, 15) is 4.79 Å². The quantitative estimate of drug-likeness (QED) is 0.679. The van der Waals surface area contributed by atoms with Crippen molar-refractivity contribution in [3.05, 3.63) is 30.1 Å². The van der Waals surface area contributed by atoms with Gasteiger partial charge >= 0.3 is 0 Å². The minimum atomic E-state index is 0.0640. The molecule has 0 aliphatic rings. The fourth-order valence-electron chi connectivity index (χ4n) is 1.21. The molecule has 0 radical (unpaired) electrons. The third-order valence-corrected chi connectivity index (χ3v) is 2.05. The number of carbonyl (C=O) groups excluding carboxylic acids is 1. The molecule has 3 N–H and O–H groups in total. The first-order valence-corrected chi connectivity index (χ1v) is 5.19. The number of pyridine rings is 1. The molecule has 15 heavy (non-hydrogen) atoms. The Morgan fingerprint density at radius 2 is 2.27 bits per heavy atom. The van der Waals surface area contributed by atoms with Crippen LogP contribution in [0, 0.1) is 0 Å². The summed E-state index contributed by atoms with van der Waals surface area (Å²) in [5.41, 5.74) is 6.22. The maximum atomic E-state index is 11.3. The largest absolute Gasteiger partial charge is 0.350 e. The maximum Gasteiger partial charge on any atom is 0.220 e. The molecule has 1 heterocycles. The molecule has 0 bridgehead atoms. The molecule has 82 valence electrons. The first kappa shape index (κ1) is 11.7. The Labute approximate surface area is 89.9 Å².